The maximum absolute atomic E-state index is 13.0. The summed E-state index contributed by atoms with van der Waals surface area (Å²) in [6.07, 6.45) is -2.26. The predicted octanol–water partition coefficient (Wildman–Crippen LogP) is -0.231. The van der Waals surface area contributed by atoms with E-state index >= 15 is 0 Å². The van der Waals surface area contributed by atoms with Crippen LogP contribution in [-0.2, 0) is 51.3 Å². The van der Waals surface area contributed by atoms with E-state index in [0.717, 1.165) is 0 Å². The van der Waals surface area contributed by atoms with Crippen LogP contribution in [0.2, 0.25) is 0 Å². The minimum absolute atomic E-state index is 0.147. The molecule has 5 amide bonds. The third-order valence-corrected chi connectivity index (χ3v) is 6.12. The SMILES string of the molecule is CC(C)C(NC(=O)CNC(=O)[C@H](CC(=O)O)NC(=O)OCc1ccccc1)C(=O)NN(CC(=O)O)C(=O)C(=O)Cc1ccccc1. The molecule has 2 atom stereocenters. The van der Waals surface area contributed by atoms with Gasteiger partial charge in [0.05, 0.1) is 13.0 Å². The number of rotatable bonds is 16. The van der Waals surface area contributed by atoms with E-state index in [1.165, 1.54) is 13.8 Å². The molecule has 0 bridgehead atoms. The van der Waals surface area contributed by atoms with Gasteiger partial charge in [0.2, 0.25) is 17.6 Å². The van der Waals surface area contributed by atoms with Gasteiger partial charge in [-0.15, -0.1) is 0 Å². The number of hydrogen-bond acceptors (Lipinski definition) is 9. The van der Waals surface area contributed by atoms with Crippen molar-refractivity contribution in [3.63, 3.8) is 0 Å². The van der Waals surface area contributed by atoms with Crippen molar-refractivity contribution in [1.82, 2.24) is 26.4 Å². The quantitative estimate of drug-likeness (QED) is 0.103. The van der Waals surface area contributed by atoms with Crippen molar-refractivity contribution in [2.24, 2.45) is 5.92 Å². The molecular weight excluding hydrogens is 606 g/mol. The van der Waals surface area contributed by atoms with Crippen molar-refractivity contribution < 1.29 is 53.3 Å². The van der Waals surface area contributed by atoms with E-state index in [9.17, 15) is 43.5 Å². The Hall–Kier alpha value is -5.80. The number of Topliss-reactive ketones (excluding diaryl/α,β-unsaturated/α-hetero) is 1. The van der Waals surface area contributed by atoms with Gasteiger partial charge in [-0.3, -0.25) is 39.0 Å². The molecule has 0 aliphatic heterocycles. The second-order valence-corrected chi connectivity index (χ2v) is 10.2. The zero-order chi connectivity index (χ0) is 34.2. The Balaban J connectivity index is 1.99. The Morgan fingerprint density at radius 2 is 1.37 bits per heavy atom. The fraction of sp³-hybridized carbons (Fsp3) is 0.333. The normalized spacial score (nSPS) is 11.7. The zero-order valence-corrected chi connectivity index (χ0v) is 25.1. The molecule has 0 aromatic heterocycles. The molecule has 1 unspecified atom stereocenters. The Kier molecular flexibility index (Phi) is 14.3. The van der Waals surface area contributed by atoms with Crippen molar-refractivity contribution in [2.75, 3.05) is 13.1 Å². The smallest absolute Gasteiger partial charge is 0.408 e. The molecule has 0 spiro atoms. The standard InChI is InChI=1S/C30H35N5O11/c1-18(2)26(28(43)34-35(16-25(40)41)29(44)22(36)13-19-9-5-3-6-10-19)33-23(37)15-31-27(42)21(14-24(38)39)32-30(45)46-17-20-11-7-4-8-12-20/h3-12,18,21,26H,13-17H2,1-2H3,(H,31,42)(H,32,45)(H,33,37)(H,34,43)(H,38,39)(H,40,41)/t21-,26?/m0/s1. The van der Waals surface area contributed by atoms with E-state index in [1.54, 1.807) is 60.7 Å². The minimum Gasteiger partial charge on any atom is -0.481 e. The fourth-order valence-corrected chi connectivity index (χ4v) is 3.85. The van der Waals surface area contributed by atoms with Gasteiger partial charge in [0.25, 0.3) is 5.91 Å². The summed E-state index contributed by atoms with van der Waals surface area (Å²) in [7, 11) is 0. The highest BCUT2D eigenvalue weighted by Crippen LogP contribution is 2.06. The lowest BCUT2D eigenvalue weighted by molar-refractivity contribution is -0.154. The highest BCUT2D eigenvalue weighted by atomic mass is 16.5. The summed E-state index contributed by atoms with van der Waals surface area (Å²) in [5, 5.41) is 25.4. The van der Waals surface area contributed by atoms with Crippen LogP contribution in [0.15, 0.2) is 60.7 Å². The first-order valence-electron chi connectivity index (χ1n) is 13.9. The van der Waals surface area contributed by atoms with Crippen LogP contribution in [0.3, 0.4) is 0 Å². The second-order valence-electron chi connectivity index (χ2n) is 10.2. The van der Waals surface area contributed by atoms with Crippen molar-refractivity contribution >= 4 is 47.4 Å². The number of alkyl carbamates (subject to hydrolysis) is 1. The number of hydrogen-bond donors (Lipinski definition) is 6. The summed E-state index contributed by atoms with van der Waals surface area (Å²) in [6.45, 7) is 1.11. The van der Waals surface area contributed by atoms with E-state index in [2.05, 4.69) is 21.4 Å². The average Bonchev–Trinajstić information content (AvgIpc) is 3.00. The van der Waals surface area contributed by atoms with E-state index in [1.807, 2.05) is 0 Å². The maximum Gasteiger partial charge on any atom is 0.408 e. The minimum atomic E-state index is -1.61. The number of aliphatic carboxylic acids is 2. The van der Waals surface area contributed by atoms with Gasteiger partial charge in [-0.25, -0.2) is 9.80 Å². The highest BCUT2D eigenvalue weighted by molar-refractivity contribution is 6.36. The van der Waals surface area contributed by atoms with E-state index < -0.39 is 85.0 Å². The summed E-state index contributed by atoms with van der Waals surface area (Å²) in [5.41, 5.74) is 3.20. The third kappa shape index (κ3) is 12.8. The molecule has 0 heterocycles. The topological polar surface area (TPSA) is 238 Å². The van der Waals surface area contributed by atoms with Gasteiger partial charge in [-0.2, -0.15) is 0 Å². The number of carboxylic acid groups (broad SMARTS) is 2. The molecule has 0 saturated heterocycles. The monoisotopic (exact) mass is 641 g/mol. The molecule has 0 fully saturated rings. The fourth-order valence-electron chi connectivity index (χ4n) is 3.85. The maximum atomic E-state index is 13.0. The summed E-state index contributed by atoms with van der Waals surface area (Å²) < 4.78 is 5.01. The number of ether oxygens (including phenoxy) is 1. The number of carbonyl (C=O) groups is 8. The number of nitrogens with one attached hydrogen (secondary N) is 4. The Morgan fingerprint density at radius 1 is 0.783 bits per heavy atom. The molecule has 46 heavy (non-hydrogen) atoms. The number of ketones is 1. The molecule has 2 aromatic rings. The van der Waals surface area contributed by atoms with E-state index in [4.69, 9.17) is 9.84 Å². The molecule has 0 radical (unpaired) electrons. The molecule has 0 saturated carbocycles. The highest BCUT2D eigenvalue weighted by Gasteiger charge is 2.31. The predicted molar refractivity (Wildman–Crippen MR) is 158 cm³/mol. The lowest BCUT2D eigenvalue weighted by Gasteiger charge is -2.26. The van der Waals surface area contributed by atoms with Crippen LogP contribution in [0.5, 0.6) is 0 Å². The summed E-state index contributed by atoms with van der Waals surface area (Å²) in [5.74, 6) is -8.83. The Labute approximate surface area is 263 Å². The molecular formula is C30H35N5O11. The number of benzene rings is 2. The summed E-state index contributed by atoms with van der Waals surface area (Å²) in [4.78, 5) is 98.3. The molecule has 0 aliphatic rings. The van der Waals surface area contributed by atoms with Gasteiger partial charge in [-0.1, -0.05) is 74.5 Å². The number of carbonyl (C=O) groups excluding carboxylic acids is 6. The summed E-state index contributed by atoms with van der Waals surface area (Å²) >= 11 is 0. The van der Waals surface area contributed by atoms with Gasteiger partial charge >= 0.3 is 23.9 Å². The van der Waals surface area contributed by atoms with E-state index in [0.29, 0.717) is 16.1 Å². The van der Waals surface area contributed by atoms with Crippen LogP contribution in [0.4, 0.5) is 4.79 Å². The van der Waals surface area contributed by atoms with Crippen LogP contribution >= 0.6 is 0 Å². The summed E-state index contributed by atoms with van der Waals surface area (Å²) in [6, 6.07) is 13.8. The molecule has 2 aromatic carbocycles. The molecule has 6 N–H and O–H groups in total. The van der Waals surface area contributed by atoms with Gasteiger partial charge in [0.1, 0.15) is 25.2 Å². The first-order valence-corrected chi connectivity index (χ1v) is 13.9. The van der Waals surface area contributed by atoms with E-state index in [-0.39, 0.29) is 13.0 Å². The first-order chi connectivity index (χ1) is 21.8. The second kappa shape index (κ2) is 18.1. The van der Waals surface area contributed by atoms with Crippen LogP contribution in [-0.4, -0.2) is 87.8 Å². The lowest BCUT2D eigenvalue weighted by atomic mass is 10.0. The van der Waals surface area contributed by atoms with Gasteiger partial charge < -0.3 is 30.9 Å². The largest absolute Gasteiger partial charge is 0.481 e. The molecule has 16 heteroatoms. The lowest BCUT2D eigenvalue weighted by Crippen LogP contribution is -2.59. The zero-order valence-electron chi connectivity index (χ0n) is 25.1. The van der Waals surface area contributed by atoms with Gasteiger partial charge in [0.15, 0.2) is 0 Å². The number of hydrazine groups is 1. The van der Waals surface area contributed by atoms with Crippen molar-refractivity contribution in [3.8, 4) is 0 Å². The van der Waals surface area contributed by atoms with Crippen LogP contribution in [0.25, 0.3) is 0 Å². The van der Waals surface area contributed by atoms with Crippen LogP contribution < -0.4 is 21.4 Å². The number of carboxylic acids is 2. The number of nitrogens with zero attached hydrogens (tertiary/aromatic N) is 1. The van der Waals surface area contributed by atoms with Crippen LogP contribution in [0, 0.1) is 5.92 Å². The van der Waals surface area contributed by atoms with Crippen LogP contribution in [0.1, 0.15) is 31.4 Å². The molecule has 0 aliphatic carbocycles. The van der Waals surface area contributed by atoms with Crippen molar-refractivity contribution in [2.45, 2.75) is 45.4 Å². The molecule has 246 valence electrons. The molecule has 2 rings (SSSR count). The van der Waals surface area contributed by atoms with Gasteiger partial charge in [0, 0.05) is 6.42 Å². The molecule has 16 nitrogen and oxygen atoms in total. The number of amides is 5. The Morgan fingerprint density at radius 3 is 1.91 bits per heavy atom. The first kappa shape index (κ1) is 36.4. The third-order valence-electron chi connectivity index (χ3n) is 6.12. The average molecular weight is 642 g/mol. The van der Waals surface area contributed by atoms with Crippen molar-refractivity contribution in [1.29, 1.82) is 0 Å². The Bertz CT molecular complexity index is 1420. The van der Waals surface area contributed by atoms with Crippen molar-refractivity contribution in [3.05, 3.63) is 71.8 Å². The van der Waals surface area contributed by atoms with Gasteiger partial charge in [-0.05, 0) is 17.0 Å².